The van der Waals surface area contributed by atoms with E-state index in [0.29, 0.717) is 24.2 Å². The Bertz CT molecular complexity index is 1070. The number of fused-ring (bicyclic) bond motifs is 5. The minimum Gasteiger partial charge on any atom is -0.343 e. The number of hydrogen-bond donors (Lipinski definition) is 0. The molecular formula is C20H21N3O2S. The first kappa shape index (κ1) is 17.1. The summed E-state index contributed by atoms with van der Waals surface area (Å²) < 4.78 is 2.05. The first-order chi connectivity index (χ1) is 12.5. The quantitative estimate of drug-likeness (QED) is 0.525. The van der Waals surface area contributed by atoms with E-state index in [1.807, 2.05) is 55.1 Å². The average Bonchev–Trinajstić information content (AvgIpc) is 3.05. The highest BCUT2D eigenvalue weighted by Gasteiger charge is 2.39. The maximum atomic E-state index is 13.1. The monoisotopic (exact) mass is 367 g/mol. The number of likely N-dealkylation sites (N-methyl/N-ethyl adjacent to an activating group) is 1. The summed E-state index contributed by atoms with van der Waals surface area (Å²) in [6.45, 7) is 1.05. The molecule has 0 aliphatic carbocycles. The summed E-state index contributed by atoms with van der Waals surface area (Å²) >= 11 is 1.61. The summed E-state index contributed by atoms with van der Waals surface area (Å²) in [5.41, 5.74) is 2.99. The second-order valence-corrected chi connectivity index (χ2v) is 7.71. The predicted molar refractivity (Wildman–Crippen MR) is 106 cm³/mol. The summed E-state index contributed by atoms with van der Waals surface area (Å²) in [7, 11) is 5.84. The summed E-state index contributed by atoms with van der Waals surface area (Å²) in [6.07, 6.45) is 2.01. The SMILES string of the molecule is CSc1cc2c(c3c1c1ccccc1n3C)C(=O)N(CCN(C)C)C2=O. The van der Waals surface area contributed by atoms with Crippen molar-refractivity contribution in [3.8, 4) is 0 Å². The molecule has 1 aliphatic heterocycles. The highest BCUT2D eigenvalue weighted by Crippen LogP contribution is 2.41. The Morgan fingerprint density at radius 3 is 2.54 bits per heavy atom. The first-order valence-electron chi connectivity index (χ1n) is 8.54. The van der Waals surface area contributed by atoms with Gasteiger partial charge in [0.25, 0.3) is 11.8 Å². The van der Waals surface area contributed by atoms with Gasteiger partial charge in [0.1, 0.15) is 0 Å². The number of imide groups is 1. The second-order valence-electron chi connectivity index (χ2n) is 6.87. The van der Waals surface area contributed by atoms with E-state index >= 15 is 0 Å². The van der Waals surface area contributed by atoms with Gasteiger partial charge in [-0.1, -0.05) is 18.2 Å². The molecule has 6 heteroatoms. The Kier molecular flexibility index (Phi) is 4.04. The minimum atomic E-state index is -0.186. The van der Waals surface area contributed by atoms with Crippen LogP contribution in [0.3, 0.4) is 0 Å². The number of thioether (sulfide) groups is 1. The summed E-state index contributed by atoms with van der Waals surface area (Å²) in [5.74, 6) is -0.371. The lowest BCUT2D eigenvalue weighted by Gasteiger charge is -2.16. The summed E-state index contributed by atoms with van der Waals surface area (Å²) in [4.78, 5) is 30.4. The molecule has 0 unspecified atom stereocenters. The number of aromatic nitrogens is 1. The largest absolute Gasteiger partial charge is 0.343 e. The Morgan fingerprint density at radius 2 is 1.85 bits per heavy atom. The number of carbonyl (C=O) groups is 2. The van der Waals surface area contributed by atoms with Crippen LogP contribution in [-0.2, 0) is 7.05 Å². The average molecular weight is 367 g/mol. The number of hydrogen-bond acceptors (Lipinski definition) is 4. The summed E-state index contributed by atoms with van der Waals surface area (Å²) in [5, 5.41) is 2.18. The number of para-hydroxylation sites is 1. The third-order valence-corrected chi connectivity index (χ3v) is 5.82. The number of amides is 2. The van der Waals surface area contributed by atoms with Crippen LogP contribution < -0.4 is 0 Å². The highest BCUT2D eigenvalue weighted by atomic mass is 32.2. The lowest BCUT2D eigenvalue weighted by molar-refractivity contribution is 0.0645. The minimum absolute atomic E-state index is 0.185. The van der Waals surface area contributed by atoms with E-state index in [4.69, 9.17) is 0 Å². The fourth-order valence-electron chi connectivity index (χ4n) is 3.76. The topological polar surface area (TPSA) is 45.6 Å². The van der Waals surface area contributed by atoms with E-state index in [0.717, 1.165) is 26.7 Å². The Balaban J connectivity index is 2.02. The summed E-state index contributed by atoms with van der Waals surface area (Å²) in [6, 6.07) is 10.0. The van der Waals surface area contributed by atoms with E-state index in [1.165, 1.54) is 4.90 Å². The zero-order valence-electron chi connectivity index (χ0n) is 15.4. The van der Waals surface area contributed by atoms with E-state index < -0.39 is 0 Å². The molecule has 0 saturated carbocycles. The molecule has 0 spiro atoms. The standard InChI is InChI=1S/C20H21N3O2S/c1-21(2)9-10-23-19(24)13-11-15(26-4)16-12-7-5-6-8-14(12)22(3)18(16)17(13)20(23)25/h5-8,11H,9-10H2,1-4H3. The Hall–Kier alpha value is -2.31. The van der Waals surface area contributed by atoms with Gasteiger partial charge in [-0.25, -0.2) is 0 Å². The van der Waals surface area contributed by atoms with Crippen molar-refractivity contribution < 1.29 is 9.59 Å². The van der Waals surface area contributed by atoms with E-state index in [-0.39, 0.29) is 11.8 Å². The molecule has 0 radical (unpaired) electrons. The zero-order valence-corrected chi connectivity index (χ0v) is 16.2. The molecule has 134 valence electrons. The van der Waals surface area contributed by atoms with Crippen LogP contribution in [0.2, 0.25) is 0 Å². The first-order valence-corrected chi connectivity index (χ1v) is 9.77. The molecule has 2 amide bonds. The fraction of sp³-hybridized carbons (Fsp3) is 0.300. The van der Waals surface area contributed by atoms with Gasteiger partial charge in [0.2, 0.25) is 0 Å². The van der Waals surface area contributed by atoms with Crippen LogP contribution >= 0.6 is 11.8 Å². The molecule has 26 heavy (non-hydrogen) atoms. The number of carbonyl (C=O) groups excluding carboxylic acids is 2. The van der Waals surface area contributed by atoms with Gasteiger partial charge < -0.3 is 9.47 Å². The Labute approximate surface area is 156 Å². The third kappa shape index (κ3) is 2.29. The normalized spacial score (nSPS) is 14.3. The third-order valence-electron chi connectivity index (χ3n) is 5.06. The van der Waals surface area contributed by atoms with E-state index in [9.17, 15) is 9.59 Å². The lowest BCUT2D eigenvalue weighted by Crippen LogP contribution is -2.35. The molecule has 2 heterocycles. The van der Waals surface area contributed by atoms with Crippen molar-refractivity contribution in [3.63, 3.8) is 0 Å². The molecule has 0 N–H and O–H groups in total. The molecular weight excluding hydrogens is 346 g/mol. The molecule has 0 saturated heterocycles. The second kappa shape index (κ2) is 6.14. The molecule has 5 nitrogen and oxygen atoms in total. The van der Waals surface area contributed by atoms with Gasteiger partial charge in [0.05, 0.1) is 16.6 Å². The van der Waals surface area contributed by atoms with Crippen molar-refractivity contribution in [1.82, 2.24) is 14.4 Å². The molecule has 1 aliphatic rings. The van der Waals surface area contributed by atoms with Crippen LogP contribution in [0.1, 0.15) is 20.7 Å². The van der Waals surface area contributed by atoms with Gasteiger partial charge in [0.15, 0.2) is 0 Å². The van der Waals surface area contributed by atoms with Gasteiger partial charge in [0, 0.05) is 41.3 Å². The fourth-order valence-corrected chi connectivity index (χ4v) is 4.41. The number of nitrogens with zero attached hydrogens (tertiary/aromatic N) is 3. The number of rotatable bonds is 4. The van der Waals surface area contributed by atoms with Gasteiger partial charge in [-0.2, -0.15) is 0 Å². The van der Waals surface area contributed by atoms with Gasteiger partial charge in [-0.05, 0) is 32.5 Å². The van der Waals surface area contributed by atoms with Gasteiger partial charge in [-0.15, -0.1) is 11.8 Å². The van der Waals surface area contributed by atoms with Crippen molar-refractivity contribution >= 4 is 45.4 Å². The molecule has 0 atom stereocenters. The van der Waals surface area contributed by atoms with Crippen molar-refractivity contribution in [1.29, 1.82) is 0 Å². The van der Waals surface area contributed by atoms with Crippen LogP contribution in [0.4, 0.5) is 0 Å². The van der Waals surface area contributed by atoms with Crippen molar-refractivity contribution in [2.24, 2.45) is 7.05 Å². The lowest BCUT2D eigenvalue weighted by atomic mass is 10.0. The van der Waals surface area contributed by atoms with Gasteiger partial charge >= 0.3 is 0 Å². The van der Waals surface area contributed by atoms with Gasteiger partial charge in [-0.3, -0.25) is 14.5 Å². The maximum Gasteiger partial charge on any atom is 0.263 e. The van der Waals surface area contributed by atoms with Crippen molar-refractivity contribution in [2.45, 2.75) is 4.90 Å². The van der Waals surface area contributed by atoms with Crippen LogP contribution in [0.5, 0.6) is 0 Å². The molecule has 3 aromatic rings. The van der Waals surface area contributed by atoms with Crippen LogP contribution in [0, 0.1) is 0 Å². The Morgan fingerprint density at radius 1 is 1.12 bits per heavy atom. The molecule has 0 fully saturated rings. The molecule has 1 aromatic heterocycles. The molecule has 0 bridgehead atoms. The smallest absolute Gasteiger partial charge is 0.263 e. The zero-order chi connectivity index (χ0) is 18.6. The molecule has 2 aromatic carbocycles. The van der Waals surface area contributed by atoms with E-state index in [2.05, 4.69) is 12.1 Å². The number of benzene rings is 2. The van der Waals surface area contributed by atoms with E-state index in [1.54, 1.807) is 11.8 Å². The van der Waals surface area contributed by atoms with Crippen LogP contribution in [0.25, 0.3) is 21.8 Å². The number of aryl methyl sites for hydroxylation is 1. The van der Waals surface area contributed by atoms with Crippen molar-refractivity contribution in [2.75, 3.05) is 33.4 Å². The predicted octanol–water partition coefficient (Wildman–Crippen LogP) is 3.21. The molecule has 4 rings (SSSR count). The van der Waals surface area contributed by atoms with Crippen LogP contribution in [-0.4, -0.2) is 59.6 Å². The highest BCUT2D eigenvalue weighted by molar-refractivity contribution is 7.98. The maximum absolute atomic E-state index is 13.1. The van der Waals surface area contributed by atoms with Crippen LogP contribution in [0.15, 0.2) is 35.2 Å². The van der Waals surface area contributed by atoms with Crippen molar-refractivity contribution in [3.05, 3.63) is 41.5 Å².